The molecule has 0 aromatic heterocycles. The van der Waals surface area contributed by atoms with Crippen LogP contribution in [0, 0.1) is 5.41 Å². The molecule has 25 heavy (non-hydrogen) atoms. The first kappa shape index (κ1) is 17.4. The summed E-state index contributed by atoms with van der Waals surface area (Å²) in [4.78, 5) is 15.1. The number of benzene rings is 2. The van der Waals surface area contributed by atoms with Crippen molar-refractivity contribution in [3.05, 3.63) is 59.7 Å². The normalized spacial score (nSPS) is 15.1. The van der Waals surface area contributed by atoms with Crippen molar-refractivity contribution >= 4 is 22.7 Å². The summed E-state index contributed by atoms with van der Waals surface area (Å²) in [5.41, 5.74) is 1.46. The first-order chi connectivity index (χ1) is 12.1. The molecule has 1 N–H and O–H groups in total. The smallest absolute Gasteiger partial charge is 0.189 e. The number of hydrogen-bond acceptors (Lipinski definition) is 5. The molecule has 5 nitrogen and oxygen atoms in total. The number of ketones is 1. The van der Waals surface area contributed by atoms with Gasteiger partial charge in [0.25, 0.3) is 0 Å². The maximum absolute atomic E-state index is 13.2. The number of carbonyl (C=O) groups excluding carboxylic acids is 1. The number of nitrogens with zero attached hydrogens (tertiary/aromatic N) is 1. The van der Waals surface area contributed by atoms with E-state index in [1.54, 1.807) is 38.5 Å². The predicted molar refractivity (Wildman–Crippen MR) is 100.0 cm³/mol. The topological polar surface area (TPSA) is 62.6 Å². The van der Waals surface area contributed by atoms with Crippen LogP contribution in [-0.2, 0) is 0 Å². The van der Waals surface area contributed by atoms with E-state index in [9.17, 15) is 4.79 Å². The van der Waals surface area contributed by atoms with E-state index in [1.165, 1.54) is 11.8 Å². The number of ether oxygens (including phenoxy) is 2. The van der Waals surface area contributed by atoms with Gasteiger partial charge in [-0.3, -0.25) is 10.2 Å². The summed E-state index contributed by atoms with van der Waals surface area (Å²) < 4.78 is 10.4. The molecule has 1 aliphatic rings. The van der Waals surface area contributed by atoms with Gasteiger partial charge in [-0.25, -0.2) is 0 Å². The summed E-state index contributed by atoms with van der Waals surface area (Å²) in [6.45, 7) is 0.683. The van der Waals surface area contributed by atoms with Crippen LogP contribution in [0.4, 0.5) is 0 Å². The van der Waals surface area contributed by atoms with Crippen LogP contribution in [0.3, 0.4) is 0 Å². The fraction of sp³-hybridized carbons (Fsp3) is 0.263. The van der Waals surface area contributed by atoms with Gasteiger partial charge in [0.1, 0.15) is 17.5 Å². The molecule has 3 rings (SSSR count). The first-order valence-electron chi connectivity index (χ1n) is 7.94. The highest BCUT2D eigenvalue weighted by molar-refractivity contribution is 8.14. The van der Waals surface area contributed by atoms with Crippen molar-refractivity contribution in [1.29, 1.82) is 5.41 Å². The zero-order chi connectivity index (χ0) is 17.8. The second kappa shape index (κ2) is 7.61. The third-order valence-corrected chi connectivity index (χ3v) is 5.09. The van der Waals surface area contributed by atoms with Crippen LogP contribution in [0.5, 0.6) is 11.5 Å². The summed E-state index contributed by atoms with van der Waals surface area (Å²) >= 11 is 1.47. The van der Waals surface area contributed by atoms with Crippen molar-refractivity contribution in [2.75, 3.05) is 26.5 Å². The number of nitrogens with one attached hydrogen (secondary N) is 1. The maximum atomic E-state index is 13.2. The second-order valence-corrected chi connectivity index (χ2v) is 6.70. The lowest BCUT2D eigenvalue weighted by atomic mass is 9.96. The van der Waals surface area contributed by atoms with E-state index in [-0.39, 0.29) is 5.78 Å². The fourth-order valence-electron chi connectivity index (χ4n) is 2.84. The van der Waals surface area contributed by atoms with E-state index in [0.29, 0.717) is 23.0 Å². The Morgan fingerprint density at radius 2 is 1.60 bits per heavy atom. The molecular weight excluding hydrogens is 336 g/mol. The lowest BCUT2D eigenvalue weighted by Gasteiger charge is -2.28. The van der Waals surface area contributed by atoms with Crippen LogP contribution in [0.15, 0.2) is 48.5 Å². The van der Waals surface area contributed by atoms with Crippen LogP contribution in [0.25, 0.3) is 0 Å². The van der Waals surface area contributed by atoms with Crippen molar-refractivity contribution < 1.29 is 14.3 Å². The molecule has 130 valence electrons. The van der Waals surface area contributed by atoms with Crippen LogP contribution in [0.1, 0.15) is 22.0 Å². The van der Waals surface area contributed by atoms with E-state index >= 15 is 0 Å². The minimum Gasteiger partial charge on any atom is -0.497 e. The summed E-state index contributed by atoms with van der Waals surface area (Å²) in [6, 6.07) is 14.1. The maximum Gasteiger partial charge on any atom is 0.189 e. The molecule has 1 heterocycles. The van der Waals surface area contributed by atoms with Crippen LogP contribution >= 0.6 is 11.8 Å². The van der Waals surface area contributed by atoms with Gasteiger partial charge in [0, 0.05) is 17.9 Å². The molecule has 0 spiro atoms. The van der Waals surface area contributed by atoms with E-state index < -0.39 is 6.04 Å². The summed E-state index contributed by atoms with van der Waals surface area (Å²) in [5.74, 6) is 2.24. The minimum absolute atomic E-state index is 0.0277. The van der Waals surface area contributed by atoms with Gasteiger partial charge in [0.2, 0.25) is 0 Å². The van der Waals surface area contributed by atoms with Gasteiger partial charge in [0.15, 0.2) is 11.0 Å². The lowest BCUT2D eigenvalue weighted by molar-refractivity contribution is 0.0894. The lowest BCUT2D eigenvalue weighted by Crippen LogP contribution is -2.34. The first-order valence-corrected chi connectivity index (χ1v) is 8.93. The Labute approximate surface area is 151 Å². The third kappa shape index (κ3) is 3.64. The van der Waals surface area contributed by atoms with Gasteiger partial charge >= 0.3 is 0 Å². The Morgan fingerprint density at radius 3 is 2.08 bits per heavy atom. The quantitative estimate of drug-likeness (QED) is 0.801. The Balaban J connectivity index is 1.96. The third-order valence-electron chi connectivity index (χ3n) is 4.20. The molecule has 1 aliphatic heterocycles. The molecule has 6 heteroatoms. The molecule has 2 aromatic carbocycles. The number of Topliss-reactive ketones (excluding diaryl/α,β-unsaturated/α-hetero) is 1. The number of hydrogen-bond donors (Lipinski definition) is 1. The minimum atomic E-state index is -0.512. The largest absolute Gasteiger partial charge is 0.497 e. The molecule has 1 saturated heterocycles. The van der Waals surface area contributed by atoms with Crippen molar-refractivity contribution in [2.45, 2.75) is 6.04 Å². The van der Waals surface area contributed by atoms with Crippen LogP contribution in [0.2, 0.25) is 0 Å². The van der Waals surface area contributed by atoms with Crippen molar-refractivity contribution in [2.24, 2.45) is 0 Å². The molecule has 0 bridgehead atoms. The Hall–Kier alpha value is -2.47. The standard InChI is InChI=1S/C19H20N2O3S/c1-23-15-7-3-13(4-8-15)17(21-11-12-25-19(21)20)18(22)14-5-9-16(24-2)10-6-14/h3-10,17,20H,11-12H2,1-2H3. The second-order valence-electron chi connectivity index (χ2n) is 5.62. The fourth-order valence-corrected chi connectivity index (χ4v) is 3.69. The Kier molecular flexibility index (Phi) is 5.28. The van der Waals surface area contributed by atoms with Gasteiger partial charge in [-0.2, -0.15) is 0 Å². The number of rotatable bonds is 6. The highest BCUT2D eigenvalue weighted by Crippen LogP contribution is 2.32. The highest BCUT2D eigenvalue weighted by Gasteiger charge is 2.33. The van der Waals surface area contributed by atoms with Gasteiger partial charge in [0.05, 0.1) is 14.2 Å². The van der Waals surface area contributed by atoms with Gasteiger partial charge in [-0.05, 0) is 42.0 Å². The number of amidine groups is 1. The molecule has 0 saturated carbocycles. The Morgan fingerprint density at radius 1 is 1.04 bits per heavy atom. The Bertz CT molecular complexity index is 759. The zero-order valence-corrected chi connectivity index (χ0v) is 15.0. The number of methoxy groups -OCH3 is 2. The van der Waals surface area contributed by atoms with Crippen LogP contribution < -0.4 is 9.47 Å². The molecule has 1 unspecified atom stereocenters. The molecule has 1 fully saturated rings. The van der Waals surface area contributed by atoms with E-state index in [2.05, 4.69) is 0 Å². The van der Waals surface area contributed by atoms with Crippen molar-refractivity contribution in [3.63, 3.8) is 0 Å². The predicted octanol–water partition coefficient (Wildman–Crippen LogP) is 3.61. The molecule has 0 radical (unpaired) electrons. The molecule has 2 aromatic rings. The van der Waals surface area contributed by atoms with Crippen LogP contribution in [-0.4, -0.2) is 42.4 Å². The van der Waals surface area contributed by atoms with Crippen molar-refractivity contribution in [3.8, 4) is 11.5 Å². The summed E-state index contributed by atoms with van der Waals surface area (Å²) in [6.07, 6.45) is 0. The number of thioether (sulfide) groups is 1. The van der Waals surface area contributed by atoms with E-state index in [1.807, 2.05) is 29.2 Å². The zero-order valence-electron chi connectivity index (χ0n) is 14.2. The molecule has 0 amide bonds. The molecule has 0 aliphatic carbocycles. The summed E-state index contributed by atoms with van der Waals surface area (Å²) in [5, 5.41) is 8.61. The van der Waals surface area contributed by atoms with Gasteiger partial charge in [-0.15, -0.1) is 0 Å². The van der Waals surface area contributed by atoms with E-state index in [0.717, 1.165) is 17.1 Å². The average molecular weight is 356 g/mol. The number of carbonyl (C=O) groups is 1. The highest BCUT2D eigenvalue weighted by atomic mass is 32.2. The summed E-state index contributed by atoms with van der Waals surface area (Å²) in [7, 11) is 3.21. The monoisotopic (exact) mass is 356 g/mol. The van der Waals surface area contributed by atoms with Gasteiger partial charge in [-0.1, -0.05) is 23.9 Å². The SMILES string of the molecule is COc1ccc(C(=O)C(c2ccc(OC)cc2)N2CCSC2=N)cc1. The molecule has 1 atom stereocenters. The average Bonchev–Trinajstić information content (AvgIpc) is 3.08. The van der Waals surface area contributed by atoms with Crippen molar-refractivity contribution in [1.82, 2.24) is 4.90 Å². The van der Waals surface area contributed by atoms with E-state index in [4.69, 9.17) is 14.9 Å². The molecular formula is C19H20N2O3S. The van der Waals surface area contributed by atoms with Gasteiger partial charge < -0.3 is 14.4 Å².